The lowest BCUT2D eigenvalue weighted by molar-refractivity contribution is -0.129. The molecule has 5 nitrogen and oxygen atoms in total. The largest absolute Gasteiger partial charge is 0.495 e. The van der Waals surface area contributed by atoms with Crippen molar-refractivity contribution in [2.45, 2.75) is 12.5 Å². The van der Waals surface area contributed by atoms with Crippen LogP contribution >= 0.6 is 0 Å². The van der Waals surface area contributed by atoms with Gasteiger partial charge in [-0.1, -0.05) is 12.1 Å². The molecule has 1 saturated heterocycles. The summed E-state index contributed by atoms with van der Waals surface area (Å²) in [6, 6.07) is 7.91. The number of carbonyl (C=O) groups is 1. The second kappa shape index (κ2) is 6.43. The van der Waals surface area contributed by atoms with Crippen molar-refractivity contribution in [1.82, 2.24) is 10.2 Å². The van der Waals surface area contributed by atoms with Gasteiger partial charge in [-0.2, -0.15) is 0 Å². The lowest BCUT2D eigenvalue weighted by Gasteiger charge is -2.24. The van der Waals surface area contributed by atoms with Gasteiger partial charge in [0, 0.05) is 19.6 Å². The summed E-state index contributed by atoms with van der Waals surface area (Å²) >= 11 is 0. The Kier molecular flexibility index (Phi) is 4.63. The molecule has 1 heterocycles. The molecule has 2 rings (SSSR count). The van der Waals surface area contributed by atoms with E-state index in [1.54, 1.807) is 7.11 Å². The molecule has 0 spiro atoms. The highest BCUT2D eigenvalue weighted by atomic mass is 16.5. The van der Waals surface area contributed by atoms with Gasteiger partial charge in [0.25, 0.3) is 0 Å². The van der Waals surface area contributed by atoms with E-state index >= 15 is 0 Å². The third kappa shape index (κ3) is 3.38. The Morgan fingerprint density at radius 3 is 3.00 bits per heavy atom. The monoisotopic (exact) mass is 263 g/mol. The van der Waals surface area contributed by atoms with Crippen LogP contribution in [-0.2, 0) is 4.79 Å². The van der Waals surface area contributed by atoms with E-state index in [0.717, 1.165) is 30.9 Å². The van der Waals surface area contributed by atoms with Gasteiger partial charge in [0.1, 0.15) is 5.75 Å². The number of rotatable bonds is 5. The number of anilines is 1. The minimum absolute atomic E-state index is 0.0969. The minimum atomic E-state index is 0.0969. The molecule has 0 saturated carbocycles. The van der Waals surface area contributed by atoms with E-state index in [-0.39, 0.29) is 12.5 Å². The topological polar surface area (TPSA) is 53.6 Å². The zero-order valence-electron chi connectivity index (χ0n) is 11.5. The Labute approximate surface area is 113 Å². The molecular formula is C14H21N3O2. The van der Waals surface area contributed by atoms with Crippen LogP contribution in [-0.4, -0.2) is 50.6 Å². The number of amides is 1. The molecule has 0 radical (unpaired) electrons. The second-order valence-corrected chi connectivity index (χ2v) is 4.71. The van der Waals surface area contributed by atoms with Gasteiger partial charge in [-0.05, 0) is 25.1 Å². The molecule has 1 atom stereocenters. The number of benzene rings is 1. The summed E-state index contributed by atoms with van der Waals surface area (Å²) in [5.74, 6) is 0.847. The summed E-state index contributed by atoms with van der Waals surface area (Å²) < 4.78 is 5.24. The van der Waals surface area contributed by atoms with Crippen LogP contribution in [0.3, 0.4) is 0 Å². The van der Waals surface area contributed by atoms with Crippen molar-refractivity contribution in [3.05, 3.63) is 24.3 Å². The summed E-state index contributed by atoms with van der Waals surface area (Å²) in [5, 5.41) is 6.40. The molecular weight excluding hydrogens is 242 g/mol. The summed E-state index contributed by atoms with van der Waals surface area (Å²) in [6.07, 6.45) is 1.02. The Hall–Kier alpha value is -1.75. The van der Waals surface area contributed by atoms with Crippen LogP contribution in [0.2, 0.25) is 0 Å². The van der Waals surface area contributed by atoms with Gasteiger partial charge in [0.15, 0.2) is 0 Å². The van der Waals surface area contributed by atoms with Crippen molar-refractivity contribution in [1.29, 1.82) is 0 Å². The molecule has 19 heavy (non-hydrogen) atoms. The molecule has 1 aromatic carbocycles. The number of hydrogen-bond donors (Lipinski definition) is 2. The highest BCUT2D eigenvalue weighted by Crippen LogP contribution is 2.22. The maximum absolute atomic E-state index is 12.1. The quantitative estimate of drug-likeness (QED) is 0.830. The number of para-hydroxylation sites is 2. The standard InChI is InChI=1S/C14H21N3O2/c1-17(11-7-8-15-9-11)14(18)10-16-12-5-3-4-6-13(12)19-2/h3-6,11,15-16H,7-10H2,1-2H3. The Bertz CT molecular complexity index is 430. The molecule has 2 N–H and O–H groups in total. The lowest BCUT2D eigenvalue weighted by Crippen LogP contribution is -2.41. The van der Waals surface area contributed by atoms with E-state index in [0.29, 0.717) is 6.04 Å². The van der Waals surface area contributed by atoms with E-state index < -0.39 is 0 Å². The van der Waals surface area contributed by atoms with Crippen LogP contribution in [0.5, 0.6) is 5.75 Å². The third-order valence-electron chi connectivity index (χ3n) is 3.51. The number of ether oxygens (including phenoxy) is 1. The van der Waals surface area contributed by atoms with Crippen molar-refractivity contribution in [3.8, 4) is 5.75 Å². The first-order chi connectivity index (χ1) is 9.22. The normalized spacial score (nSPS) is 18.1. The molecule has 1 aliphatic rings. The van der Waals surface area contributed by atoms with Gasteiger partial charge in [-0.25, -0.2) is 0 Å². The van der Waals surface area contributed by atoms with Crippen molar-refractivity contribution in [2.75, 3.05) is 39.1 Å². The van der Waals surface area contributed by atoms with Crippen molar-refractivity contribution >= 4 is 11.6 Å². The summed E-state index contributed by atoms with van der Waals surface area (Å²) in [7, 11) is 3.49. The molecule has 0 aliphatic carbocycles. The lowest BCUT2D eigenvalue weighted by atomic mass is 10.2. The predicted molar refractivity (Wildman–Crippen MR) is 75.5 cm³/mol. The van der Waals surface area contributed by atoms with Crippen molar-refractivity contribution in [2.24, 2.45) is 0 Å². The maximum Gasteiger partial charge on any atom is 0.241 e. The zero-order chi connectivity index (χ0) is 13.7. The van der Waals surface area contributed by atoms with Crippen molar-refractivity contribution < 1.29 is 9.53 Å². The van der Waals surface area contributed by atoms with Crippen LogP contribution in [0.25, 0.3) is 0 Å². The first kappa shape index (κ1) is 13.7. The minimum Gasteiger partial charge on any atom is -0.495 e. The van der Waals surface area contributed by atoms with E-state index in [4.69, 9.17) is 4.74 Å². The first-order valence-corrected chi connectivity index (χ1v) is 6.55. The number of carbonyl (C=O) groups excluding carboxylic acids is 1. The third-order valence-corrected chi connectivity index (χ3v) is 3.51. The van der Waals surface area contributed by atoms with Gasteiger partial charge in [-0.3, -0.25) is 4.79 Å². The second-order valence-electron chi connectivity index (χ2n) is 4.71. The van der Waals surface area contributed by atoms with Crippen LogP contribution < -0.4 is 15.4 Å². The Balaban J connectivity index is 1.89. The van der Waals surface area contributed by atoms with Gasteiger partial charge in [0.2, 0.25) is 5.91 Å². The number of hydrogen-bond acceptors (Lipinski definition) is 4. The molecule has 1 aromatic rings. The fourth-order valence-electron chi connectivity index (χ4n) is 2.26. The fourth-order valence-corrected chi connectivity index (χ4v) is 2.26. The van der Waals surface area contributed by atoms with Gasteiger partial charge in [0.05, 0.1) is 19.3 Å². The van der Waals surface area contributed by atoms with Crippen LogP contribution in [0.1, 0.15) is 6.42 Å². The average Bonchev–Trinajstić information content (AvgIpc) is 2.98. The summed E-state index contributed by atoms with van der Waals surface area (Å²) in [6.45, 7) is 2.16. The molecule has 0 bridgehead atoms. The highest BCUT2D eigenvalue weighted by molar-refractivity contribution is 5.81. The first-order valence-electron chi connectivity index (χ1n) is 6.55. The molecule has 1 fully saturated rings. The predicted octanol–water partition coefficient (Wildman–Crippen LogP) is 0.927. The number of methoxy groups -OCH3 is 1. The van der Waals surface area contributed by atoms with Gasteiger partial charge < -0.3 is 20.3 Å². The number of nitrogens with one attached hydrogen (secondary N) is 2. The molecule has 1 aliphatic heterocycles. The molecule has 0 aromatic heterocycles. The van der Waals surface area contributed by atoms with E-state index in [2.05, 4.69) is 10.6 Å². The SMILES string of the molecule is COc1ccccc1NCC(=O)N(C)C1CCNC1. The van der Waals surface area contributed by atoms with Crippen LogP contribution in [0, 0.1) is 0 Å². The maximum atomic E-state index is 12.1. The zero-order valence-corrected chi connectivity index (χ0v) is 11.5. The smallest absolute Gasteiger partial charge is 0.241 e. The Morgan fingerprint density at radius 2 is 2.32 bits per heavy atom. The Morgan fingerprint density at radius 1 is 1.53 bits per heavy atom. The van der Waals surface area contributed by atoms with E-state index in [9.17, 15) is 4.79 Å². The van der Waals surface area contributed by atoms with Crippen molar-refractivity contribution in [3.63, 3.8) is 0 Å². The fraction of sp³-hybridized carbons (Fsp3) is 0.500. The highest BCUT2D eigenvalue weighted by Gasteiger charge is 2.22. The van der Waals surface area contributed by atoms with Crippen LogP contribution in [0.15, 0.2) is 24.3 Å². The molecule has 1 amide bonds. The van der Waals surface area contributed by atoms with E-state index in [1.165, 1.54) is 0 Å². The van der Waals surface area contributed by atoms with Gasteiger partial charge in [-0.15, -0.1) is 0 Å². The molecule has 1 unspecified atom stereocenters. The van der Waals surface area contributed by atoms with Crippen LogP contribution in [0.4, 0.5) is 5.69 Å². The summed E-state index contributed by atoms with van der Waals surface area (Å²) in [5.41, 5.74) is 0.844. The van der Waals surface area contributed by atoms with E-state index in [1.807, 2.05) is 36.2 Å². The number of nitrogens with zero attached hydrogens (tertiary/aromatic N) is 1. The molecule has 104 valence electrons. The summed E-state index contributed by atoms with van der Waals surface area (Å²) in [4.78, 5) is 13.9. The number of likely N-dealkylation sites (N-methyl/N-ethyl adjacent to an activating group) is 1. The van der Waals surface area contributed by atoms with Gasteiger partial charge >= 0.3 is 0 Å². The average molecular weight is 263 g/mol. The molecule has 5 heteroatoms.